The van der Waals surface area contributed by atoms with Crippen molar-refractivity contribution in [2.24, 2.45) is 0 Å². The van der Waals surface area contributed by atoms with Crippen LogP contribution in [0.15, 0.2) is 24.3 Å². The Morgan fingerprint density at radius 1 is 1.44 bits per heavy atom. The van der Waals surface area contributed by atoms with E-state index in [1.54, 1.807) is 11.8 Å². The summed E-state index contributed by atoms with van der Waals surface area (Å²) in [4.78, 5) is 0. The zero-order valence-corrected chi connectivity index (χ0v) is 11.3. The van der Waals surface area contributed by atoms with E-state index >= 15 is 0 Å². The highest BCUT2D eigenvalue weighted by atomic mass is 35.5. The molecule has 6 heteroatoms. The summed E-state index contributed by atoms with van der Waals surface area (Å²) in [6.07, 6.45) is 1.16. The lowest BCUT2D eigenvalue weighted by molar-refractivity contribution is 0.590. The fourth-order valence-corrected chi connectivity index (χ4v) is 2.74. The Labute approximate surface area is 106 Å². The second-order valence-corrected chi connectivity index (χ2v) is 6.72. The van der Waals surface area contributed by atoms with E-state index in [2.05, 4.69) is 4.72 Å². The van der Waals surface area contributed by atoms with Gasteiger partial charge in [0.2, 0.25) is 10.0 Å². The summed E-state index contributed by atoms with van der Waals surface area (Å²) >= 11 is 7.51. The van der Waals surface area contributed by atoms with Crippen molar-refractivity contribution in [1.29, 1.82) is 0 Å². The van der Waals surface area contributed by atoms with Crippen molar-refractivity contribution >= 4 is 33.4 Å². The van der Waals surface area contributed by atoms with Crippen LogP contribution < -0.4 is 4.72 Å². The number of sulfonamides is 1. The van der Waals surface area contributed by atoms with Gasteiger partial charge in [0.05, 0.1) is 6.26 Å². The van der Waals surface area contributed by atoms with Crippen LogP contribution in [0.25, 0.3) is 0 Å². The summed E-state index contributed by atoms with van der Waals surface area (Å²) in [5.41, 5.74) is 1.15. The monoisotopic (exact) mass is 279 g/mol. The van der Waals surface area contributed by atoms with Gasteiger partial charge < -0.3 is 0 Å². The normalized spacial score (nSPS) is 11.6. The highest BCUT2D eigenvalue weighted by molar-refractivity contribution is 7.98. The molecule has 0 unspecified atom stereocenters. The topological polar surface area (TPSA) is 46.2 Å². The Kier molecular flexibility index (Phi) is 5.61. The van der Waals surface area contributed by atoms with E-state index in [-0.39, 0.29) is 0 Å². The molecular formula is C10H14ClNO2S2. The van der Waals surface area contributed by atoms with E-state index in [9.17, 15) is 8.42 Å². The van der Waals surface area contributed by atoms with Crippen LogP contribution in [0.4, 0.5) is 0 Å². The second kappa shape index (κ2) is 6.49. The van der Waals surface area contributed by atoms with Crippen LogP contribution in [0.5, 0.6) is 0 Å². The molecule has 90 valence electrons. The Balaban J connectivity index is 2.21. The number of nitrogens with one attached hydrogen (secondary N) is 1. The molecule has 0 radical (unpaired) electrons. The number of thioether (sulfide) groups is 1. The molecule has 0 aliphatic carbocycles. The van der Waals surface area contributed by atoms with Crippen LogP contribution in [-0.4, -0.2) is 27.0 Å². The van der Waals surface area contributed by atoms with Crippen LogP contribution in [0.2, 0.25) is 5.02 Å². The smallest absolute Gasteiger partial charge is 0.208 e. The molecule has 1 N–H and O–H groups in total. The molecule has 3 nitrogen and oxygen atoms in total. The van der Waals surface area contributed by atoms with E-state index < -0.39 is 10.0 Å². The van der Waals surface area contributed by atoms with Gasteiger partial charge in [-0.25, -0.2) is 13.1 Å². The molecule has 0 spiro atoms. The molecule has 1 aromatic carbocycles. The number of rotatable bonds is 6. The van der Waals surface area contributed by atoms with Gasteiger partial charge in [-0.05, 0) is 17.7 Å². The maximum Gasteiger partial charge on any atom is 0.208 e. The zero-order chi connectivity index (χ0) is 12.0. The quantitative estimate of drug-likeness (QED) is 0.812. The van der Waals surface area contributed by atoms with E-state index in [0.29, 0.717) is 6.54 Å². The lowest BCUT2D eigenvalue weighted by Gasteiger charge is -2.03. The fourth-order valence-electron chi connectivity index (χ4n) is 1.12. The summed E-state index contributed by atoms with van der Waals surface area (Å²) in [5.74, 6) is 1.59. The highest BCUT2D eigenvalue weighted by Crippen LogP contribution is 2.16. The van der Waals surface area contributed by atoms with Crippen molar-refractivity contribution in [3.05, 3.63) is 34.9 Å². The minimum atomic E-state index is -3.06. The van der Waals surface area contributed by atoms with Gasteiger partial charge in [0.25, 0.3) is 0 Å². The van der Waals surface area contributed by atoms with Gasteiger partial charge in [-0.1, -0.05) is 23.7 Å². The van der Waals surface area contributed by atoms with Crippen LogP contribution in [0.3, 0.4) is 0 Å². The molecule has 1 aromatic rings. The highest BCUT2D eigenvalue weighted by Gasteiger charge is 1.99. The van der Waals surface area contributed by atoms with Gasteiger partial charge >= 0.3 is 0 Å². The van der Waals surface area contributed by atoms with Crippen molar-refractivity contribution in [1.82, 2.24) is 4.72 Å². The molecule has 0 aromatic heterocycles. The summed E-state index contributed by atoms with van der Waals surface area (Å²) in [5, 5.41) is 0.729. The summed E-state index contributed by atoms with van der Waals surface area (Å²) < 4.78 is 24.0. The molecular weight excluding hydrogens is 266 g/mol. The largest absolute Gasteiger partial charge is 0.215 e. The maximum absolute atomic E-state index is 10.8. The van der Waals surface area contributed by atoms with Gasteiger partial charge in [-0.15, -0.1) is 0 Å². The van der Waals surface area contributed by atoms with Crippen LogP contribution in [0.1, 0.15) is 5.56 Å². The lowest BCUT2D eigenvalue weighted by atomic mass is 10.2. The molecule has 0 atom stereocenters. The first-order valence-electron chi connectivity index (χ1n) is 4.74. The zero-order valence-electron chi connectivity index (χ0n) is 8.94. The molecule has 0 bridgehead atoms. The fraction of sp³-hybridized carbons (Fsp3) is 0.400. The van der Waals surface area contributed by atoms with Crippen molar-refractivity contribution in [3.8, 4) is 0 Å². The van der Waals surface area contributed by atoms with E-state index in [0.717, 1.165) is 28.3 Å². The molecule has 0 saturated carbocycles. The lowest BCUT2D eigenvalue weighted by Crippen LogP contribution is -2.24. The number of hydrogen-bond donors (Lipinski definition) is 1. The van der Waals surface area contributed by atoms with E-state index in [1.807, 2.05) is 24.3 Å². The number of halogens is 1. The maximum atomic E-state index is 10.8. The van der Waals surface area contributed by atoms with Gasteiger partial charge in [0.15, 0.2) is 0 Å². The van der Waals surface area contributed by atoms with Gasteiger partial charge in [0, 0.05) is 23.1 Å². The standard InChI is InChI=1S/C10H14ClNO2S2/c1-16(13,14)12-5-6-15-8-9-3-2-4-10(11)7-9/h2-4,7,12H,5-6,8H2,1H3. The van der Waals surface area contributed by atoms with Crippen molar-refractivity contribution in [2.45, 2.75) is 5.75 Å². The van der Waals surface area contributed by atoms with Crippen LogP contribution in [0, 0.1) is 0 Å². The number of benzene rings is 1. The minimum Gasteiger partial charge on any atom is -0.215 e. The molecule has 1 rings (SSSR count). The third kappa shape index (κ3) is 6.37. The van der Waals surface area contributed by atoms with Gasteiger partial charge in [-0.2, -0.15) is 11.8 Å². The number of hydrogen-bond acceptors (Lipinski definition) is 3. The third-order valence-corrected chi connectivity index (χ3v) is 3.76. The molecule has 0 saturated heterocycles. The van der Waals surface area contributed by atoms with E-state index in [1.165, 1.54) is 0 Å². The third-order valence-electron chi connectivity index (χ3n) is 1.77. The SMILES string of the molecule is CS(=O)(=O)NCCSCc1cccc(Cl)c1. The second-order valence-electron chi connectivity index (χ2n) is 3.35. The minimum absolute atomic E-state index is 0.462. The van der Waals surface area contributed by atoms with Crippen molar-refractivity contribution in [2.75, 3.05) is 18.6 Å². The first kappa shape index (κ1) is 13.8. The van der Waals surface area contributed by atoms with E-state index in [4.69, 9.17) is 11.6 Å². The molecule has 0 amide bonds. The van der Waals surface area contributed by atoms with Crippen LogP contribution >= 0.6 is 23.4 Å². The molecule has 0 heterocycles. The first-order chi connectivity index (χ1) is 7.47. The van der Waals surface area contributed by atoms with Crippen LogP contribution in [-0.2, 0) is 15.8 Å². The molecule has 0 fully saturated rings. The van der Waals surface area contributed by atoms with Gasteiger partial charge in [0.1, 0.15) is 0 Å². The summed E-state index contributed by atoms with van der Waals surface area (Å²) in [7, 11) is -3.06. The molecule has 0 aliphatic rings. The Morgan fingerprint density at radius 2 is 2.19 bits per heavy atom. The Morgan fingerprint density at radius 3 is 2.81 bits per heavy atom. The summed E-state index contributed by atoms with van der Waals surface area (Å²) in [6.45, 7) is 0.462. The average molecular weight is 280 g/mol. The Hall–Kier alpha value is -0.230. The molecule has 0 aliphatic heterocycles. The summed E-state index contributed by atoms with van der Waals surface area (Å²) in [6, 6.07) is 7.66. The Bertz CT molecular complexity index is 434. The van der Waals surface area contributed by atoms with Crippen molar-refractivity contribution < 1.29 is 8.42 Å². The van der Waals surface area contributed by atoms with Gasteiger partial charge in [-0.3, -0.25) is 0 Å². The van der Waals surface area contributed by atoms with Crippen molar-refractivity contribution in [3.63, 3.8) is 0 Å². The molecule has 16 heavy (non-hydrogen) atoms. The average Bonchev–Trinajstić information content (AvgIpc) is 2.15. The predicted molar refractivity (Wildman–Crippen MR) is 70.5 cm³/mol. The predicted octanol–water partition coefficient (Wildman–Crippen LogP) is 2.12. The first-order valence-corrected chi connectivity index (χ1v) is 8.16.